The number of anilines is 1. The molecule has 3 rings (SSSR count). The van der Waals surface area contributed by atoms with Crippen molar-refractivity contribution in [3.63, 3.8) is 0 Å². The van der Waals surface area contributed by atoms with Crippen molar-refractivity contribution in [3.05, 3.63) is 64.2 Å². The summed E-state index contributed by atoms with van der Waals surface area (Å²) in [5.41, 5.74) is 4.21. The molecule has 1 atom stereocenters. The van der Waals surface area contributed by atoms with E-state index in [-0.39, 0.29) is 12.1 Å². The van der Waals surface area contributed by atoms with Crippen molar-refractivity contribution < 1.29 is 4.79 Å². The van der Waals surface area contributed by atoms with E-state index in [2.05, 4.69) is 24.4 Å². The largest absolute Gasteiger partial charge is 0.322 e. The fraction of sp³-hybridized carbons (Fsp3) is 0.278. The number of halogens is 1. The first-order chi connectivity index (χ1) is 10.6. The number of hydrogen-bond donors (Lipinski definition) is 1. The van der Waals surface area contributed by atoms with Crippen molar-refractivity contribution in [3.8, 4) is 0 Å². The summed E-state index contributed by atoms with van der Waals surface area (Å²) >= 11 is 6.20. The number of aryl methyl sites for hydroxylation is 1. The van der Waals surface area contributed by atoms with Crippen LogP contribution in [0.15, 0.2) is 42.5 Å². The second-order valence-electron chi connectivity index (χ2n) is 5.68. The average Bonchev–Trinajstić information content (AvgIpc) is 2.51. The summed E-state index contributed by atoms with van der Waals surface area (Å²) in [6, 6.07) is 13.9. The van der Waals surface area contributed by atoms with Crippen LogP contribution in [-0.4, -0.2) is 17.5 Å². The number of nitrogens with one attached hydrogen (secondary N) is 1. The maximum absolute atomic E-state index is 12.6. The molecule has 114 valence electrons. The minimum absolute atomic E-state index is 0.0627. The molecule has 3 nitrogen and oxygen atoms in total. The molecular weight excluding hydrogens is 296 g/mol. The number of fused-ring (bicyclic) bond motifs is 1. The van der Waals surface area contributed by atoms with Crippen LogP contribution in [0.3, 0.4) is 0 Å². The van der Waals surface area contributed by atoms with Gasteiger partial charge < -0.3 is 10.2 Å². The molecule has 0 spiro atoms. The van der Waals surface area contributed by atoms with Crippen LogP contribution in [0.25, 0.3) is 0 Å². The molecule has 0 fully saturated rings. The highest BCUT2D eigenvalue weighted by atomic mass is 35.5. The van der Waals surface area contributed by atoms with Crippen LogP contribution in [0.5, 0.6) is 0 Å². The van der Waals surface area contributed by atoms with Crippen molar-refractivity contribution in [2.75, 3.05) is 11.9 Å². The molecule has 1 aliphatic rings. The first kappa shape index (κ1) is 14.9. The van der Waals surface area contributed by atoms with Crippen molar-refractivity contribution in [1.82, 2.24) is 4.90 Å². The van der Waals surface area contributed by atoms with E-state index in [0.717, 1.165) is 12.0 Å². The number of urea groups is 1. The van der Waals surface area contributed by atoms with Gasteiger partial charge in [-0.25, -0.2) is 4.79 Å². The molecule has 1 aliphatic heterocycles. The number of para-hydroxylation sites is 1. The predicted octanol–water partition coefficient (Wildman–Crippen LogP) is 4.80. The second-order valence-corrected chi connectivity index (χ2v) is 6.09. The van der Waals surface area contributed by atoms with Crippen LogP contribution in [0.2, 0.25) is 5.02 Å². The fourth-order valence-corrected chi connectivity index (χ4v) is 3.29. The lowest BCUT2D eigenvalue weighted by atomic mass is 9.94. The molecule has 0 unspecified atom stereocenters. The highest BCUT2D eigenvalue weighted by molar-refractivity contribution is 6.33. The zero-order valence-corrected chi connectivity index (χ0v) is 13.5. The number of carbonyl (C=O) groups excluding carboxylic acids is 1. The Morgan fingerprint density at radius 2 is 2.00 bits per heavy atom. The first-order valence-corrected chi connectivity index (χ1v) is 7.86. The van der Waals surface area contributed by atoms with Gasteiger partial charge in [0.25, 0.3) is 0 Å². The van der Waals surface area contributed by atoms with E-state index < -0.39 is 0 Å². The minimum Gasteiger partial charge on any atom is -0.317 e. The Balaban J connectivity index is 1.82. The molecule has 2 amide bonds. The molecule has 4 heteroatoms. The quantitative estimate of drug-likeness (QED) is 0.805. The molecule has 2 aromatic carbocycles. The third-order valence-corrected chi connectivity index (χ3v) is 4.62. The fourth-order valence-electron chi connectivity index (χ4n) is 3.02. The standard InChI is InChI=1S/C18H19ClN2O/c1-12-6-5-9-16(19)17(12)20-18(22)21-11-10-14-7-3-4-8-15(14)13(21)2/h3-9,13H,10-11H2,1-2H3,(H,20,22)/t13-/m0/s1. The Kier molecular flexibility index (Phi) is 4.08. The van der Waals surface area contributed by atoms with Crippen LogP contribution in [-0.2, 0) is 6.42 Å². The third kappa shape index (κ3) is 2.69. The number of benzene rings is 2. The van der Waals surface area contributed by atoms with Gasteiger partial charge in [0, 0.05) is 6.54 Å². The van der Waals surface area contributed by atoms with Gasteiger partial charge in [-0.3, -0.25) is 0 Å². The number of carbonyl (C=O) groups is 1. The zero-order chi connectivity index (χ0) is 15.7. The van der Waals surface area contributed by atoms with Crippen LogP contribution in [0.4, 0.5) is 10.5 Å². The summed E-state index contributed by atoms with van der Waals surface area (Å²) < 4.78 is 0. The Morgan fingerprint density at radius 1 is 1.23 bits per heavy atom. The van der Waals surface area contributed by atoms with Crippen molar-refractivity contribution in [2.24, 2.45) is 0 Å². The summed E-state index contributed by atoms with van der Waals surface area (Å²) in [4.78, 5) is 14.5. The van der Waals surface area contributed by atoms with Crippen LogP contribution in [0, 0.1) is 6.92 Å². The Labute approximate surface area is 135 Å². The molecular formula is C18H19ClN2O. The molecule has 2 aromatic rings. The maximum Gasteiger partial charge on any atom is 0.322 e. The zero-order valence-electron chi connectivity index (χ0n) is 12.8. The lowest BCUT2D eigenvalue weighted by molar-refractivity contribution is 0.188. The van der Waals surface area contributed by atoms with Gasteiger partial charge in [-0.1, -0.05) is 48.0 Å². The molecule has 0 aliphatic carbocycles. The van der Waals surface area contributed by atoms with E-state index in [1.165, 1.54) is 11.1 Å². The number of nitrogens with zero attached hydrogens (tertiary/aromatic N) is 1. The normalized spacial score (nSPS) is 17.0. The van der Waals surface area contributed by atoms with E-state index in [1.54, 1.807) is 6.07 Å². The Morgan fingerprint density at radius 3 is 2.77 bits per heavy atom. The maximum atomic E-state index is 12.6. The first-order valence-electron chi connectivity index (χ1n) is 7.48. The monoisotopic (exact) mass is 314 g/mol. The predicted molar refractivity (Wildman–Crippen MR) is 90.5 cm³/mol. The Hall–Kier alpha value is -2.00. The molecule has 1 N–H and O–H groups in total. The van der Waals surface area contributed by atoms with Gasteiger partial charge in [0.05, 0.1) is 16.8 Å². The molecule has 0 bridgehead atoms. The highest BCUT2D eigenvalue weighted by Gasteiger charge is 2.27. The lowest BCUT2D eigenvalue weighted by Gasteiger charge is -2.35. The highest BCUT2D eigenvalue weighted by Crippen LogP contribution is 2.31. The van der Waals surface area contributed by atoms with E-state index in [4.69, 9.17) is 11.6 Å². The van der Waals surface area contributed by atoms with Crippen molar-refractivity contribution >= 4 is 23.3 Å². The van der Waals surface area contributed by atoms with Gasteiger partial charge in [-0.15, -0.1) is 0 Å². The summed E-state index contributed by atoms with van der Waals surface area (Å²) in [6.07, 6.45) is 0.884. The Bertz CT molecular complexity index is 694. The summed E-state index contributed by atoms with van der Waals surface area (Å²) in [5.74, 6) is 0. The smallest absolute Gasteiger partial charge is 0.317 e. The summed E-state index contributed by atoms with van der Waals surface area (Å²) in [7, 11) is 0. The molecule has 1 heterocycles. The molecule has 0 saturated carbocycles. The van der Waals surface area contributed by atoms with Gasteiger partial charge in [-0.2, -0.15) is 0 Å². The van der Waals surface area contributed by atoms with E-state index in [1.807, 2.05) is 36.1 Å². The van der Waals surface area contributed by atoms with E-state index >= 15 is 0 Å². The third-order valence-electron chi connectivity index (χ3n) is 4.31. The van der Waals surface area contributed by atoms with E-state index in [9.17, 15) is 4.79 Å². The van der Waals surface area contributed by atoms with Crippen LogP contribution in [0.1, 0.15) is 29.7 Å². The SMILES string of the molecule is Cc1cccc(Cl)c1NC(=O)N1CCc2ccccc2[C@@H]1C. The molecule has 0 saturated heterocycles. The average molecular weight is 315 g/mol. The molecule has 0 aromatic heterocycles. The second kappa shape index (κ2) is 6.01. The minimum atomic E-state index is -0.0989. The van der Waals surface area contributed by atoms with Gasteiger partial charge in [-0.05, 0) is 43.0 Å². The molecule has 0 radical (unpaired) electrons. The number of amides is 2. The lowest BCUT2D eigenvalue weighted by Crippen LogP contribution is -2.41. The van der Waals surface area contributed by atoms with Gasteiger partial charge in [0.2, 0.25) is 0 Å². The molecule has 22 heavy (non-hydrogen) atoms. The number of rotatable bonds is 1. The summed E-state index contributed by atoms with van der Waals surface area (Å²) in [6.45, 7) is 4.72. The van der Waals surface area contributed by atoms with Crippen molar-refractivity contribution in [1.29, 1.82) is 0 Å². The topological polar surface area (TPSA) is 32.3 Å². The van der Waals surface area contributed by atoms with Gasteiger partial charge >= 0.3 is 6.03 Å². The van der Waals surface area contributed by atoms with Crippen LogP contribution < -0.4 is 5.32 Å². The van der Waals surface area contributed by atoms with Crippen LogP contribution >= 0.6 is 11.6 Å². The van der Waals surface area contributed by atoms with Gasteiger partial charge in [0.15, 0.2) is 0 Å². The van der Waals surface area contributed by atoms with E-state index in [0.29, 0.717) is 17.3 Å². The van der Waals surface area contributed by atoms with Crippen molar-refractivity contribution in [2.45, 2.75) is 26.3 Å². The number of hydrogen-bond acceptors (Lipinski definition) is 1. The van der Waals surface area contributed by atoms with Gasteiger partial charge in [0.1, 0.15) is 0 Å². The summed E-state index contributed by atoms with van der Waals surface area (Å²) in [5, 5.41) is 3.53.